The predicted molar refractivity (Wildman–Crippen MR) is 131 cm³/mol. The third kappa shape index (κ3) is 4.79. The lowest BCUT2D eigenvalue weighted by Gasteiger charge is -2.39. The standard InChI is InChI=1S/C27H34O11/c1-32-17-6-4-13(8-19(17)33-2)25-15-11-36-26(16(15)12-35-25)14-5-7-18(20(9-14)34-3)37-27-24(31)23(30)22(29)21(10-28)38-27/h4-9,15-16,21-31H,10-12H2,1-3H3/t15-,16-,21+,22?,23-,24+,25+,26+,27+/m1/s1. The van der Waals surface area contributed by atoms with Gasteiger partial charge >= 0.3 is 0 Å². The summed E-state index contributed by atoms with van der Waals surface area (Å²) in [5.41, 5.74) is 1.88. The topological polar surface area (TPSA) is 146 Å². The van der Waals surface area contributed by atoms with E-state index in [1.807, 2.05) is 24.3 Å². The Kier molecular flexibility index (Phi) is 7.96. The molecular formula is C27H34O11. The van der Waals surface area contributed by atoms with Crippen molar-refractivity contribution < 1.29 is 53.6 Å². The molecule has 3 aliphatic rings. The molecule has 11 heteroatoms. The molecule has 2 aromatic rings. The van der Waals surface area contributed by atoms with Gasteiger partial charge in [-0.15, -0.1) is 0 Å². The van der Waals surface area contributed by atoms with Crippen molar-refractivity contribution in [3.63, 3.8) is 0 Å². The van der Waals surface area contributed by atoms with Crippen molar-refractivity contribution in [2.24, 2.45) is 11.8 Å². The smallest absolute Gasteiger partial charge is 0.229 e. The maximum atomic E-state index is 10.3. The molecule has 11 nitrogen and oxygen atoms in total. The van der Waals surface area contributed by atoms with Crippen LogP contribution in [0.25, 0.3) is 0 Å². The fourth-order valence-electron chi connectivity index (χ4n) is 5.51. The monoisotopic (exact) mass is 534 g/mol. The minimum Gasteiger partial charge on any atom is -0.493 e. The van der Waals surface area contributed by atoms with Gasteiger partial charge in [0.25, 0.3) is 0 Å². The van der Waals surface area contributed by atoms with Crippen molar-refractivity contribution in [2.45, 2.75) is 42.9 Å². The molecule has 0 amide bonds. The van der Waals surface area contributed by atoms with Crippen LogP contribution in [0.4, 0.5) is 0 Å². The molecule has 0 aliphatic carbocycles. The second-order valence-electron chi connectivity index (χ2n) is 9.68. The largest absolute Gasteiger partial charge is 0.493 e. The second-order valence-corrected chi connectivity index (χ2v) is 9.68. The highest BCUT2D eigenvalue weighted by Gasteiger charge is 2.49. The molecule has 0 spiro atoms. The van der Waals surface area contributed by atoms with Crippen LogP contribution in [0.1, 0.15) is 23.3 Å². The Bertz CT molecular complexity index is 1110. The molecule has 3 aliphatic heterocycles. The number of ether oxygens (including phenoxy) is 7. The van der Waals surface area contributed by atoms with Crippen molar-refractivity contribution in [2.75, 3.05) is 41.2 Å². The molecular weight excluding hydrogens is 500 g/mol. The van der Waals surface area contributed by atoms with Crippen molar-refractivity contribution in [3.05, 3.63) is 47.5 Å². The molecule has 0 saturated carbocycles. The summed E-state index contributed by atoms with van der Waals surface area (Å²) in [5, 5.41) is 39.8. The van der Waals surface area contributed by atoms with Crippen LogP contribution in [0.15, 0.2) is 36.4 Å². The first-order chi connectivity index (χ1) is 18.4. The number of aliphatic hydroxyl groups excluding tert-OH is 4. The molecule has 0 radical (unpaired) electrons. The summed E-state index contributed by atoms with van der Waals surface area (Å²) in [7, 11) is 4.69. The van der Waals surface area contributed by atoms with Crippen LogP contribution < -0.4 is 18.9 Å². The van der Waals surface area contributed by atoms with E-state index >= 15 is 0 Å². The number of benzene rings is 2. The highest BCUT2D eigenvalue weighted by Crippen LogP contribution is 2.51. The van der Waals surface area contributed by atoms with Crippen LogP contribution in [0.2, 0.25) is 0 Å². The first-order valence-electron chi connectivity index (χ1n) is 12.5. The number of aliphatic hydroxyl groups is 4. The molecule has 3 saturated heterocycles. The minimum atomic E-state index is -1.54. The Morgan fingerprint density at radius 1 is 0.711 bits per heavy atom. The van der Waals surface area contributed by atoms with Crippen molar-refractivity contribution >= 4 is 0 Å². The van der Waals surface area contributed by atoms with Gasteiger partial charge in [0.2, 0.25) is 6.29 Å². The summed E-state index contributed by atoms with van der Waals surface area (Å²) >= 11 is 0. The fraction of sp³-hybridized carbons (Fsp3) is 0.556. The Labute approximate surface area is 220 Å². The van der Waals surface area contributed by atoms with Crippen LogP contribution in [0.3, 0.4) is 0 Å². The van der Waals surface area contributed by atoms with Crippen molar-refractivity contribution in [1.82, 2.24) is 0 Å². The minimum absolute atomic E-state index is 0.120. The zero-order valence-electron chi connectivity index (χ0n) is 21.4. The van der Waals surface area contributed by atoms with Crippen LogP contribution in [-0.2, 0) is 14.2 Å². The zero-order chi connectivity index (χ0) is 27.0. The lowest BCUT2D eigenvalue weighted by atomic mass is 9.85. The summed E-state index contributed by atoms with van der Waals surface area (Å²) in [5.74, 6) is 2.21. The lowest BCUT2D eigenvalue weighted by Crippen LogP contribution is -2.60. The molecule has 2 aromatic carbocycles. The average molecular weight is 535 g/mol. The zero-order valence-corrected chi connectivity index (χ0v) is 21.4. The maximum Gasteiger partial charge on any atom is 0.229 e. The van der Waals surface area contributed by atoms with E-state index in [1.54, 1.807) is 26.4 Å². The summed E-state index contributed by atoms with van der Waals surface area (Å²) in [4.78, 5) is 0. The van der Waals surface area contributed by atoms with Crippen LogP contribution >= 0.6 is 0 Å². The number of rotatable bonds is 8. The quantitative estimate of drug-likeness (QED) is 0.384. The summed E-state index contributed by atoms with van der Waals surface area (Å²) in [6.07, 6.45) is -7.29. The normalized spacial score (nSPS) is 34.6. The Balaban J connectivity index is 1.31. The van der Waals surface area contributed by atoms with Crippen LogP contribution in [-0.4, -0.2) is 92.3 Å². The van der Waals surface area contributed by atoms with Gasteiger partial charge in [0.05, 0.1) is 53.4 Å². The molecule has 0 aromatic heterocycles. The number of fused-ring (bicyclic) bond motifs is 1. The molecule has 5 rings (SSSR count). The van der Waals surface area contributed by atoms with E-state index in [0.717, 1.165) is 11.1 Å². The molecule has 0 bridgehead atoms. The maximum absolute atomic E-state index is 10.3. The van der Waals surface area contributed by atoms with Gasteiger partial charge in [-0.2, -0.15) is 0 Å². The summed E-state index contributed by atoms with van der Waals surface area (Å²) < 4.78 is 40.1. The molecule has 4 N–H and O–H groups in total. The first-order valence-corrected chi connectivity index (χ1v) is 12.5. The second kappa shape index (κ2) is 11.2. The van der Waals surface area contributed by atoms with Gasteiger partial charge in [-0.1, -0.05) is 12.1 Å². The first kappa shape index (κ1) is 26.9. The van der Waals surface area contributed by atoms with Gasteiger partial charge in [0, 0.05) is 11.8 Å². The van der Waals surface area contributed by atoms with E-state index < -0.39 is 37.3 Å². The molecule has 9 atom stereocenters. The molecule has 38 heavy (non-hydrogen) atoms. The van der Waals surface area contributed by atoms with Crippen LogP contribution in [0, 0.1) is 11.8 Å². The predicted octanol–water partition coefficient (Wildman–Crippen LogP) is 0.966. The third-order valence-corrected chi connectivity index (χ3v) is 7.61. The number of hydrogen-bond donors (Lipinski definition) is 4. The van der Waals surface area contributed by atoms with E-state index in [-0.39, 0.29) is 29.8 Å². The Morgan fingerprint density at radius 2 is 1.24 bits per heavy atom. The Morgan fingerprint density at radius 3 is 1.76 bits per heavy atom. The highest BCUT2D eigenvalue weighted by atomic mass is 16.7. The molecule has 3 fully saturated rings. The SMILES string of the molecule is COc1ccc([C@@H]2OC[C@@H]3[C@H]2CO[C@H]3c2ccc(O[C@H]3O[C@@H](CO)C(O)[C@@H](O)[C@@H]3O)c(OC)c2)cc1OC. The Hall–Kier alpha value is -2.64. The molecule has 1 unspecified atom stereocenters. The lowest BCUT2D eigenvalue weighted by molar-refractivity contribution is -0.277. The highest BCUT2D eigenvalue weighted by molar-refractivity contribution is 5.45. The summed E-state index contributed by atoms with van der Waals surface area (Å²) in [6.45, 7) is 0.508. The molecule has 3 heterocycles. The van der Waals surface area contributed by atoms with E-state index in [9.17, 15) is 20.4 Å². The number of hydrogen-bond acceptors (Lipinski definition) is 11. The average Bonchev–Trinajstić information content (AvgIpc) is 3.55. The van der Waals surface area contributed by atoms with Gasteiger partial charge < -0.3 is 53.6 Å². The van der Waals surface area contributed by atoms with Crippen molar-refractivity contribution in [1.29, 1.82) is 0 Å². The van der Waals surface area contributed by atoms with Crippen LogP contribution in [0.5, 0.6) is 23.0 Å². The number of methoxy groups -OCH3 is 3. The van der Waals surface area contributed by atoms with Gasteiger partial charge in [-0.05, 0) is 35.4 Å². The third-order valence-electron chi connectivity index (χ3n) is 7.61. The summed E-state index contributed by atoms with van der Waals surface area (Å²) in [6, 6.07) is 11.1. The van der Waals surface area contributed by atoms with Crippen molar-refractivity contribution in [3.8, 4) is 23.0 Å². The van der Waals surface area contributed by atoms with Gasteiger partial charge in [-0.25, -0.2) is 0 Å². The van der Waals surface area contributed by atoms with Gasteiger partial charge in [0.1, 0.15) is 24.4 Å². The van der Waals surface area contributed by atoms with Gasteiger partial charge in [-0.3, -0.25) is 0 Å². The van der Waals surface area contributed by atoms with Gasteiger partial charge in [0.15, 0.2) is 23.0 Å². The van der Waals surface area contributed by atoms with E-state index in [1.165, 1.54) is 7.11 Å². The van der Waals surface area contributed by atoms with E-state index in [4.69, 9.17) is 33.2 Å². The molecule has 208 valence electrons. The fourth-order valence-corrected chi connectivity index (χ4v) is 5.51. The van der Waals surface area contributed by atoms with E-state index in [0.29, 0.717) is 30.5 Å². The van der Waals surface area contributed by atoms with E-state index in [2.05, 4.69) is 0 Å².